The molecule has 2 rings (SSSR count). The topological polar surface area (TPSA) is 35.5 Å². The molecule has 0 aliphatic heterocycles. The minimum absolute atomic E-state index is 0.481. The van der Waals surface area contributed by atoms with Gasteiger partial charge in [0.1, 0.15) is 5.75 Å². The van der Waals surface area contributed by atoms with E-state index >= 15 is 0 Å². The zero-order valence-corrected chi connectivity index (χ0v) is 21.2. The molecule has 2 aromatic rings. The molecule has 0 N–H and O–H groups in total. The van der Waals surface area contributed by atoms with Gasteiger partial charge in [-0.15, -0.1) is 0 Å². The number of hydrogen-bond donors (Lipinski definition) is 0. The predicted molar refractivity (Wildman–Crippen MR) is 123 cm³/mol. The first-order valence-electron chi connectivity index (χ1n) is 12.0. The number of benzene rings is 2. The summed E-state index contributed by atoms with van der Waals surface area (Å²) in [5.74, 6) is -37.3. The molecular formula is C26H24F12O3. The SMILES string of the molecule is CCCCCCOc1ccc(-c2ccc(C(=O)OCC(F)(F)C(F)(F)C(F)(F)C(F)(F)C(F)(F)C(F)F)cc2)cc1. The lowest BCUT2D eigenvalue weighted by molar-refractivity contribution is -0.414. The number of ether oxygens (including phenoxy) is 2. The summed E-state index contributed by atoms with van der Waals surface area (Å²) in [6.07, 6.45) is -1.55. The van der Waals surface area contributed by atoms with E-state index in [4.69, 9.17) is 4.74 Å². The van der Waals surface area contributed by atoms with Crippen LogP contribution in [0, 0.1) is 0 Å². The number of esters is 1. The summed E-state index contributed by atoms with van der Waals surface area (Å²) in [6, 6.07) is 11.2. The van der Waals surface area contributed by atoms with Gasteiger partial charge < -0.3 is 9.47 Å². The molecule has 0 aliphatic carbocycles. The van der Waals surface area contributed by atoms with Crippen LogP contribution in [0.25, 0.3) is 11.1 Å². The van der Waals surface area contributed by atoms with Crippen molar-refractivity contribution in [1.82, 2.24) is 0 Å². The summed E-state index contributed by atoms with van der Waals surface area (Å²) in [7, 11) is 0. The van der Waals surface area contributed by atoms with Gasteiger partial charge in [-0.1, -0.05) is 50.5 Å². The maximum absolute atomic E-state index is 13.9. The second kappa shape index (κ2) is 12.8. The lowest BCUT2D eigenvalue weighted by Gasteiger charge is -2.38. The van der Waals surface area contributed by atoms with Gasteiger partial charge in [-0.2, -0.15) is 43.9 Å². The van der Waals surface area contributed by atoms with Crippen molar-refractivity contribution in [3.05, 3.63) is 54.1 Å². The zero-order chi connectivity index (χ0) is 31.3. The summed E-state index contributed by atoms with van der Waals surface area (Å²) in [4.78, 5) is 12.0. The van der Waals surface area contributed by atoms with E-state index in [0.29, 0.717) is 23.5 Å². The fraction of sp³-hybridized carbons (Fsp3) is 0.500. The second-order valence-electron chi connectivity index (χ2n) is 8.94. The number of carbonyl (C=O) groups excluding carboxylic acids is 1. The second-order valence-corrected chi connectivity index (χ2v) is 8.94. The van der Waals surface area contributed by atoms with Crippen LogP contribution in [0.4, 0.5) is 52.7 Å². The van der Waals surface area contributed by atoms with Crippen molar-refractivity contribution in [3.63, 3.8) is 0 Å². The number of unbranched alkanes of at least 4 members (excludes halogenated alkanes) is 3. The molecule has 230 valence electrons. The third-order valence-corrected chi connectivity index (χ3v) is 5.90. The van der Waals surface area contributed by atoms with E-state index in [-0.39, 0.29) is 0 Å². The summed E-state index contributed by atoms with van der Waals surface area (Å²) < 4.78 is 168. The standard InChI is InChI=1S/C26H24F12O3/c1-2-3-4-5-14-40-19-12-10-17(11-13-19)16-6-8-18(9-7-16)20(39)41-15-22(29,30)24(33,34)26(37,38)25(35,36)23(31,32)21(27)28/h6-13,21H,2-5,14-15H2,1H3. The largest absolute Gasteiger partial charge is 0.494 e. The Bertz CT molecular complexity index is 1130. The van der Waals surface area contributed by atoms with Crippen molar-refractivity contribution in [2.45, 2.75) is 68.6 Å². The van der Waals surface area contributed by atoms with Gasteiger partial charge in [0.25, 0.3) is 0 Å². The van der Waals surface area contributed by atoms with Gasteiger partial charge >= 0.3 is 42.0 Å². The van der Waals surface area contributed by atoms with Crippen LogP contribution in [0.2, 0.25) is 0 Å². The van der Waals surface area contributed by atoms with Gasteiger partial charge in [0.05, 0.1) is 12.2 Å². The highest BCUT2D eigenvalue weighted by atomic mass is 19.4. The molecular weight excluding hydrogens is 588 g/mol. The molecule has 41 heavy (non-hydrogen) atoms. The van der Waals surface area contributed by atoms with Gasteiger partial charge in [0.15, 0.2) is 6.61 Å². The van der Waals surface area contributed by atoms with Crippen LogP contribution in [-0.4, -0.2) is 55.2 Å². The monoisotopic (exact) mass is 612 g/mol. The zero-order valence-electron chi connectivity index (χ0n) is 21.2. The Morgan fingerprint density at radius 2 is 1.22 bits per heavy atom. The minimum atomic E-state index is -7.69. The Kier molecular flexibility index (Phi) is 10.6. The van der Waals surface area contributed by atoms with Crippen molar-refractivity contribution < 1.29 is 67.0 Å². The maximum atomic E-state index is 13.9. The first-order chi connectivity index (χ1) is 18.8. The molecule has 0 amide bonds. The summed E-state index contributed by atoms with van der Waals surface area (Å²) in [5, 5.41) is 0. The third kappa shape index (κ3) is 7.03. The molecule has 0 saturated heterocycles. The van der Waals surface area contributed by atoms with E-state index in [1.54, 1.807) is 24.3 Å². The highest BCUT2D eigenvalue weighted by molar-refractivity contribution is 5.90. The average molecular weight is 612 g/mol. The van der Waals surface area contributed by atoms with Crippen LogP contribution in [0.1, 0.15) is 43.0 Å². The summed E-state index contributed by atoms with van der Waals surface area (Å²) in [5.41, 5.74) is 0.536. The van der Waals surface area contributed by atoms with E-state index in [1.807, 2.05) is 0 Å². The van der Waals surface area contributed by atoms with E-state index in [1.165, 1.54) is 12.1 Å². The van der Waals surface area contributed by atoms with Crippen molar-refractivity contribution in [1.29, 1.82) is 0 Å². The van der Waals surface area contributed by atoms with Gasteiger partial charge in [-0.05, 0) is 41.8 Å². The fourth-order valence-corrected chi connectivity index (χ4v) is 3.36. The molecule has 3 nitrogen and oxygen atoms in total. The Morgan fingerprint density at radius 3 is 1.71 bits per heavy atom. The van der Waals surface area contributed by atoms with Crippen molar-refractivity contribution in [2.24, 2.45) is 0 Å². The third-order valence-electron chi connectivity index (χ3n) is 5.90. The molecule has 2 aromatic carbocycles. The molecule has 15 heteroatoms. The number of carbonyl (C=O) groups is 1. The number of alkyl halides is 12. The molecule has 0 saturated carbocycles. The fourth-order valence-electron chi connectivity index (χ4n) is 3.36. The highest BCUT2D eigenvalue weighted by Gasteiger charge is 2.87. The van der Waals surface area contributed by atoms with Gasteiger partial charge in [0.2, 0.25) is 0 Å². The van der Waals surface area contributed by atoms with Gasteiger partial charge in [0, 0.05) is 0 Å². The molecule has 0 unspecified atom stereocenters. The number of hydrogen-bond acceptors (Lipinski definition) is 3. The van der Waals surface area contributed by atoms with E-state index < -0.39 is 54.2 Å². The molecule has 0 aromatic heterocycles. The van der Waals surface area contributed by atoms with Crippen LogP contribution in [0.15, 0.2) is 48.5 Å². The van der Waals surface area contributed by atoms with Crippen LogP contribution < -0.4 is 4.74 Å². The van der Waals surface area contributed by atoms with Crippen molar-refractivity contribution >= 4 is 5.97 Å². The lowest BCUT2D eigenvalue weighted by atomic mass is 9.94. The Balaban J connectivity index is 2.07. The molecule has 0 radical (unpaired) electrons. The molecule has 0 fully saturated rings. The summed E-state index contributed by atoms with van der Waals surface area (Å²) >= 11 is 0. The smallest absolute Gasteiger partial charge is 0.384 e. The normalized spacial score (nSPS) is 13.4. The molecule has 0 spiro atoms. The summed E-state index contributed by atoms with van der Waals surface area (Å²) in [6.45, 7) is -0.376. The Labute approximate surface area is 226 Å². The quantitative estimate of drug-likeness (QED) is 0.115. The van der Waals surface area contributed by atoms with E-state index in [2.05, 4.69) is 11.7 Å². The lowest BCUT2D eigenvalue weighted by Crippen LogP contribution is -2.69. The van der Waals surface area contributed by atoms with E-state index in [9.17, 15) is 57.5 Å². The average Bonchev–Trinajstić information content (AvgIpc) is 2.91. The van der Waals surface area contributed by atoms with Crippen molar-refractivity contribution in [3.8, 4) is 16.9 Å². The van der Waals surface area contributed by atoms with Crippen LogP contribution in [0.5, 0.6) is 5.75 Å². The van der Waals surface area contributed by atoms with Crippen LogP contribution in [0.3, 0.4) is 0 Å². The number of rotatable bonds is 15. The first-order valence-corrected chi connectivity index (χ1v) is 12.0. The maximum Gasteiger partial charge on any atom is 0.384 e. The molecule has 0 bridgehead atoms. The molecule has 0 aliphatic rings. The van der Waals surface area contributed by atoms with Gasteiger partial charge in [-0.25, -0.2) is 13.6 Å². The molecule has 0 heterocycles. The first kappa shape index (κ1) is 34.1. The van der Waals surface area contributed by atoms with Crippen molar-refractivity contribution in [2.75, 3.05) is 13.2 Å². The Hall–Kier alpha value is -3.13. The Morgan fingerprint density at radius 1 is 0.707 bits per heavy atom. The van der Waals surface area contributed by atoms with Crippen LogP contribution in [-0.2, 0) is 4.74 Å². The van der Waals surface area contributed by atoms with Crippen LogP contribution >= 0.6 is 0 Å². The molecule has 0 atom stereocenters. The van der Waals surface area contributed by atoms with E-state index in [0.717, 1.165) is 37.8 Å². The minimum Gasteiger partial charge on any atom is -0.494 e. The predicted octanol–water partition coefficient (Wildman–Crippen LogP) is 8.91. The van der Waals surface area contributed by atoms with Gasteiger partial charge in [-0.3, -0.25) is 0 Å². The highest BCUT2D eigenvalue weighted by Crippen LogP contribution is 2.58. The number of halogens is 12.